The Morgan fingerprint density at radius 2 is 2.54 bits per heavy atom. The summed E-state index contributed by atoms with van der Waals surface area (Å²) in [6.07, 6.45) is 6.47. The molecule has 1 aromatic rings. The second-order valence-corrected chi connectivity index (χ2v) is 3.51. The van der Waals surface area contributed by atoms with Crippen molar-refractivity contribution < 1.29 is 4.57 Å². The van der Waals surface area contributed by atoms with Crippen LogP contribution in [0, 0.1) is 0 Å². The number of aryl methyl sites for hydroxylation is 1. The molecular weight excluding hydrogens is 162 g/mol. The summed E-state index contributed by atoms with van der Waals surface area (Å²) in [6.45, 7) is 5.29. The minimum absolute atomic E-state index is 0.933. The van der Waals surface area contributed by atoms with Gasteiger partial charge in [-0.3, -0.25) is 0 Å². The zero-order valence-corrected chi connectivity index (χ0v) is 8.08. The predicted octanol–water partition coefficient (Wildman–Crippen LogP) is 0.425. The van der Waals surface area contributed by atoms with Gasteiger partial charge < -0.3 is 5.32 Å². The van der Waals surface area contributed by atoms with Gasteiger partial charge in [0, 0.05) is 5.56 Å². The fourth-order valence-electron chi connectivity index (χ4n) is 1.71. The van der Waals surface area contributed by atoms with Gasteiger partial charge in [-0.15, -0.1) is 0 Å². The molecule has 70 valence electrons. The summed E-state index contributed by atoms with van der Waals surface area (Å²) in [5.41, 5.74) is 2.63. The number of hydrogen-bond donors (Lipinski definition) is 1. The van der Waals surface area contributed by atoms with E-state index in [0.29, 0.717) is 0 Å². The number of hydrogen-bond acceptors (Lipinski definition) is 2. The average Bonchev–Trinajstić information content (AvgIpc) is 2.18. The summed E-state index contributed by atoms with van der Waals surface area (Å²) in [4.78, 5) is 4.44. The van der Waals surface area contributed by atoms with E-state index in [1.165, 1.54) is 17.7 Å². The normalized spacial score (nSPS) is 15.5. The largest absolute Gasteiger partial charge is 0.309 e. The van der Waals surface area contributed by atoms with Gasteiger partial charge in [-0.05, 0) is 19.4 Å². The summed E-state index contributed by atoms with van der Waals surface area (Å²) in [6, 6.07) is 0. The quantitative estimate of drug-likeness (QED) is 0.665. The first-order chi connectivity index (χ1) is 6.40. The first-order valence-electron chi connectivity index (χ1n) is 4.97. The molecule has 0 bridgehead atoms. The maximum atomic E-state index is 4.44. The van der Waals surface area contributed by atoms with Crippen molar-refractivity contribution in [2.24, 2.45) is 0 Å². The van der Waals surface area contributed by atoms with Crippen LogP contribution in [0.5, 0.6) is 0 Å². The van der Waals surface area contributed by atoms with Crippen LogP contribution in [-0.2, 0) is 19.5 Å². The summed E-state index contributed by atoms with van der Waals surface area (Å²) >= 11 is 0. The van der Waals surface area contributed by atoms with Crippen molar-refractivity contribution in [3.05, 3.63) is 23.8 Å². The molecule has 13 heavy (non-hydrogen) atoms. The van der Waals surface area contributed by atoms with Crippen LogP contribution in [0.3, 0.4) is 0 Å². The molecule has 3 nitrogen and oxygen atoms in total. The maximum Gasteiger partial charge on any atom is 0.286 e. The summed E-state index contributed by atoms with van der Waals surface area (Å²) < 4.78 is 2.18. The molecule has 1 aliphatic heterocycles. The second-order valence-electron chi connectivity index (χ2n) is 3.51. The third kappa shape index (κ3) is 1.86. The van der Waals surface area contributed by atoms with Crippen LogP contribution in [0.1, 0.15) is 24.6 Å². The van der Waals surface area contributed by atoms with E-state index in [4.69, 9.17) is 0 Å². The molecule has 0 radical (unpaired) electrons. The Morgan fingerprint density at radius 1 is 1.62 bits per heavy atom. The van der Waals surface area contributed by atoms with E-state index in [-0.39, 0.29) is 0 Å². The fourth-order valence-corrected chi connectivity index (χ4v) is 1.71. The topological polar surface area (TPSA) is 28.8 Å². The number of rotatable bonds is 2. The highest BCUT2D eigenvalue weighted by molar-refractivity contribution is 5.16. The molecule has 1 aromatic heterocycles. The Labute approximate surface area is 78.8 Å². The van der Waals surface area contributed by atoms with Crippen LogP contribution in [-0.4, -0.2) is 11.5 Å². The molecule has 0 amide bonds. The van der Waals surface area contributed by atoms with Gasteiger partial charge in [0.05, 0.1) is 19.3 Å². The van der Waals surface area contributed by atoms with E-state index in [9.17, 15) is 0 Å². The van der Waals surface area contributed by atoms with Crippen molar-refractivity contribution in [2.75, 3.05) is 6.54 Å². The highest BCUT2D eigenvalue weighted by Gasteiger charge is 2.15. The Morgan fingerprint density at radius 3 is 3.38 bits per heavy atom. The third-order valence-electron chi connectivity index (χ3n) is 2.40. The van der Waals surface area contributed by atoms with E-state index in [0.717, 1.165) is 26.1 Å². The van der Waals surface area contributed by atoms with Gasteiger partial charge in [0.2, 0.25) is 0 Å². The summed E-state index contributed by atoms with van der Waals surface area (Å²) in [7, 11) is 0. The molecule has 2 heterocycles. The van der Waals surface area contributed by atoms with Gasteiger partial charge in [-0.1, -0.05) is 11.9 Å². The summed E-state index contributed by atoms with van der Waals surface area (Å²) in [5.74, 6) is 0. The Kier molecular flexibility index (Phi) is 2.54. The molecule has 0 unspecified atom stereocenters. The van der Waals surface area contributed by atoms with E-state index < -0.39 is 0 Å². The highest BCUT2D eigenvalue weighted by atomic mass is 15.0. The lowest BCUT2D eigenvalue weighted by Crippen LogP contribution is -2.37. The molecule has 0 spiro atoms. The van der Waals surface area contributed by atoms with Crippen molar-refractivity contribution in [1.29, 1.82) is 0 Å². The molecular formula is C10H16N3+. The lowest BCUT2D eigenvalue weighted by molar-refractivity contribution is -0.700. The maximum absolute atomic E-state index is 4.44. The molecule has 2 rings (SSSR count). The van der Waals surface area contributed by atoms with Gasteiger partial charge in [0.1, 0.15) is 0 Å². The summed E-state index contributed by atoms with van der Waals surface area (Å²) in [5, 5.41) is 3.32. The number of aromatic nitrogens is 2. The molecule has 0 saturated carbocycles. The van der Waals surface area contributed by atoms with Crippen LogP contribution in [0.25, 0.3) is 0 Å². The predicted molar refractivity (Wildman–Crippen MR) is 50.1 cm³/mol. The van der Waals surface area contributed by atoms with Crippen LogP contribution in [0.15, 0.2) is 12.5 Å². The van der Waals surface area contributed by atoms with Crippen molar-refractivity contribution >= 4 is 0 Å². The Balaban J connectivity index is 2.24. The zero-order valence-electron chi connectivity index (χ0n) is 8.08. The Bertz CT molecular complexity index is 296. The van der Waals surface area contributed by atoms with E-state index >= 15 is 0 Å². The van der Waals surface area contributed by atoms with Gasteiger partial charge in [-0.2, -0.15) is 0 Å². The molecule has 0 aliphatic carbocycles. The van der Waals surface area contributed by atoms with Gasteiger partial charge >= 0.3 is 0 Å². The number of nitrogens with one attached hydrogen (secondary N) is 1. The molecule has 0 aromatic carbocycles. The van der Waals surface area contributed by atoms with Crippen molar-refractivity contribution in [1.82, 2.24) is 10.3 Å². The average molecular weight is 178 g/mol. The van der Waals surface area contributed by atoms with Crippen LogP contribution < -0.4 is 9.88 Å². The van der Waals surface area contributed by atoms with E-state index in [1.54, 1.807) is 0 Å². The molecule has 1 N–H and O–H groups in total. The molecule has 0 atom stereocenters. The molecule has 3 heteroatoms. The fraction of sp³-hybridized carbons (Fsp3) is 0.600. The van der Waals surface area contributed by atoms with Crippen LogP contribution >= 0.6 is 0 Å². The standard InChI is InChI=1S/C10H16N3/c1-2-5-13-7-9-3-4-11-6-10(9)12-8-13/h7-8,11H,2-6H2,1H3/q+1. The van der Waals surface area contributed by atoms with Crippen molar-refractivity contribution in [2.45, 2.75) is 32.9 Å². The SMILES string of the molecule is CCC[n+]1cnc2c(c1)CCNC2. The van der Waals surface area contributed by atoms with Crippen molar-refractivity contribution in [3.63, 3.8) is 0 Å². The zero-order chi connectivity index (χ0) is 9.10. The minimum atomic E-state index is 0.933. The first kappa shape index (κ1) is 8.63. The third-order valence-corrected chi connectivity index (χ3v) is 2.40. The van der Waals surface area contributed by atoms with Crippen LogP contribution in [0.4, 0.5) is 0 Å². The highest BCUT2D eigenvalue weighted by Crippen LogP contribution is 2.07. The molecule has 1 aliphatic rings. The van der Waals surface area contributed by atoms with Gasteiger partial charge in [0.25, 0.3) is 6.33 Å². The van der Waals surface area contributed by atoms with Gasteiger partial charge in [-0.25, -0.2) is 4.57 Å². The van der Waals surface area contributed by atoms with E-state index in [1.807, 2.05) is 6.33 Å². The van der Waals surface area contributed by atoms with E-state index in [2.05, 4.69) is 28.0 Å². The lowest BCUT2D eigenvalue weighted by atomic mass is 10.1. The first-order valence-corrected chi connectivity index (χ1v) is 4.97. The van der Waals surface area contributed by atoms with Crippen molar-refractivity contribution in [3.8, 4) is 0 Å². The lowest BCUT2D eigenvalue weighted by Gasteiger charge is -2.11. The number of fused-ring (bicyclic) bond motifs is 1. The monoisotopic (exact) mass is 178 g/mol. The Hall–Kier alpha value is -0.960. The second kappa shape index (κ2) is 3.83. The smallest absolute Gasteiger partial charge is 0.286 e. The van der Waals surface area contributed by atoms with Crippen LogP contribution in [0.2, 0.25) is 0 Å². The van der Waals surface area contributed by atoms with Gasteiger partial charge in [0.15, 0.2) is 5.69 Å². The number of nitrogens with zero attached hydrogens (tertiary/aromatic N) is 2. The molecule has 0 fully saturated rings. The molecule has 0 saturated heterocycles. The minimum Gasteiger partial charge on any atom is -0.309 e.